The van der Waals surface area contributed by atoms with Crippen LogP contribution in [-0.2, 0) is 10.8 Å². The highest BCUT2D eigenvalue weighted by Crippen LogP contribution is 2.39. The minimum Gasteiger partial charge on any atom is -0.507 e. The van der Waals surface area contributed by atoms with Crippen LogP contribution in [0.1, 0.15) is 58.2 Å². The number of aromatic nitrogens is 3. The number of aromatic amines is 1. The Bertz CT molecular complexity index is 1060. The number of hydrogen-bond acceptors (Lipinski definition) is 4. The van der Waals surface area contributed by atoms with Crippen LogP contribution in [0.15, 0.2) is 47.6 Å². The summed E-state index contributed by atoms with van der Waals surface area (Å²) >= 11 is 5.37. The summed E-state index contributed by atoms with van der Waals surface area (Å²) in [6, 6.07) is 13.8. The molecule has 29 heavy (non-hydrogen) atoms. The molecule has 0 saturated heterocycles. The van der Waals surface area contributed by atoms with E-state index in [2.05, 4.69) is 56.8 Å². The van der Waals surface area contributed by atoms with Gasteiger partial charge in [-0.1, -0.05) is 71.9 Å². The third-order valence-corrected chi connectivity index (χ3v) is 5.02. The summed E-state index contributed by atoms with van der Waals surface area (Å²) < 4.78 is 2.04. The van der Waals surface area contributed by atoms with Gasteiger partial charge in [0.2, 0.25) is 4.77 Å². The fourth-order valence-corrected chi connectivity index (χ4v) is 3.35. The lowest BCUT2D eigenvalue weighted by atomic mass is 9.78. The second-order valence-electron chi connectivity index (χ2n) is 9.24. The van der Waals surface area contributed by atoms with Crippen LogP contribution in [0.3, 0.4) is 0 Å². The highest BCUT2D eigenvalue weighted by Gasteiger charge is 2.26. The third kappa shape index (κ3) is 4.48. The van der Waals surface area contributed by atoms with Crippen LogP contribution >= 0.6 is 12.2 Å². The van der Waals surface area contributed by atoms with Crippen molar-refractivity contribution in [2.24, 2.45) is 5.10 Å². The highest BCUT2D eigenvalue weighted by atomic mass is 32.1. The van der Waals surface area contributed by atoms with Crippen LogP contribution in [0.4, 0.5) is 0 Å². The molecule has 3 rings (SSSR count). The van der Waals surface area contributed by atoms with Gasteiger partial charge in [-0.2, -0.15) is 14.9 Å². The number of hydrogen-bond donors (Lipinski definition) is 2. The molecule has 6 heteroatoms. The molecule has 0 atom stereocenters. The summed E-state index contributed by atoms with van der Waals surface area (Å²) in [5.74, 6) is 1.00. The predicted molar refractivity (Wildman–Crippen MR) is 121 cm³/mol. The summed E-state index contributed by atoms with van der Waals surface area (Å²) in [7, 11) is 0. The lowest BCUT2D eigenvalue weighted by Gasteiger charge is -2.27. The molecule has 0 aliphatic carbocycles. The van der Waals surface area contributed by atoms with Gasteiger partial charge in [0.05, 0.1) is 6.21 Å². The summed E-state index contributed by atoms with van der Waals surface area (Å²) in [6.07, 6.45) is 1.77. The first-order valence-electron chi connectivity index (χ1n) is 9.63. The Morgan fingerprint density at radius 2 is 1.55 bits per heavy atom. The SMILES string of the molecule is CC(C)(C)c1cc(/C=N\n2c(-c3ccccc3)n[nH]c2=S)cc(C(C)(C)C)c1O. The van der Waals surface area contributed by atoms with Crippen molar-refractivity contribution in [1.82, 2.24) is 14.9 Å². The van der Waals surface area contributed by atoms with Crippen molar-refractivity contribution < 1.29 is 5.11 Å². The Kier molecular flexibility index (Phi) is 5.50. The molecule has 0 radical (unpaired) electrons. The molecule has 5 nitrogen and oxygen atoms in total. The van der Waals surface area contributed by atoms with Gasteiger partial charge in [0.1, 0.15) is 5.75 Å². The molecular weight excluding hydrogens is 380 g/mol. The molecule has 152 valence electrons. The van der Waals surface area contributed by atoms with Gasteiger partial charge in [-0.15, -0.1) is 0 Å². The van der Waals surface area contributed by atoms with Crippen LogP contribution in [-0.4, -0.2) is 26.2 Å². The van der Waals surface area contributed by atoms with E-state index >= 15 is 0 Å². The van der Waals surface area contributed by atoms with Crippen LogP contribution in [0, 0.1) is 4.77 Å². The third-order valence-electron chi connectivity index (χ3n) is 4.75. The lowest BCUT2D eigenvalue weighted by molar-refractivity contribution is 0.423. The van der Waals surface area contributed by atoms with Gasteiger partial charge in [0.15, 0.2) is 5.82 Å². The summed E-state index contributed by atoms with van der Waals surface area (Å²) in [4.78, 5) is 0. The molecule has 0 amide bonds. The normalized spacial score (nSPS) is 12.6. The second-order valence-corrected chi connectivity index (χ2v) is 9.63. The summed E-state index contributed by atoms with van der Waals surface area (Å²) in [5, 5.41) is 22.6. The topological polar surface area (TPSA) is 66.2 Å². The van der Waals surface area contributed by atoms with Gasteiger partial charge in [0.25, 0.3) is 0 Å². The Balaban J connectivity index is 2.11. The standard InChI is InChI=1S/C23H28N4OS/c1-22(2,3)17-12-15(13-18(19(17)28)23(4,5)6)14-24-27-20(25-26-21(27)29)16-10-8-7-9-11-16/h7-14,28H,1-6H3,(H,26,29)/b24-14-. The number of nitrogens with one attached hydrogen (secondary N) is 1. The number of benzene rings is 2. The summed E-state index contributed by atoms with van der Waals surface area (Å²) in [5.41, 5.74) is 3.22. The minimum atomic E-state index is -0.199. The van der Waals surface area contributed by atoms with E-state index in [9.17, 15) is 5.11 Å². The monoisotopic (exact) mass is 408 g/mol. The van der Waals surface area contributed by atoms with Crippen LogP contribution < -0.4 is 0 Å². The zero-order chi connectivity index (χ0) is 21.4. The number of phenolic OH excluding ortho intramolecular Hbond substituents is 1. The maximum atomic E-state index is 10.9. The van der Waals surface area contributed by atoms with Crippen molar-refractivity contribution in [2.45, 2.75) is 52.4 Å². The van der Waals surface area contributed by atoms with Crippen molar-refractivity contribution in [3.8, 4) is 17.1 Å². The van der Waals surface area contributed by atoms with Gasteiger partial charge in [-0.3, -0.25) is 0 Å². The van der Waals surface area contributed by atoms with Crippen molar-refractivity contribution >= 4 is 18.4 Å². The number of phenols is 1. The molecule has 0 saturated carbocycles. The van der Waals surface area contributed by atoms with Crippen molar-refractivity contribution in [3.63, 3.8) is 0 Å². The van der Waals surface area contributed by atoms with E-state index in [1.165, 1.54) is 0 Å². The van der Waals surface area contributed by atoms with Gasteiger partial charge in [0, 0.05) is 16.7 Å². The fourth-order valence-electron chi connectivity index (χ4n) is 3.17. The highest BCUT2D eigenvalue weighted by molar-refractivity contribution is 7.71. The van der Waals surface area contributed by atoms with Crippen LogP contribution in [0.2, 0.25) is 0 Å². The number of rotatable bonds is 3. The molecule has 1 heterocycles. The molecule has 0 spiro atoms. The first-order chi connectivity index (χ1) is 13.5. The zero-order valence-electron chi connectivity index (χ0n) is 17.8. The first kappa shape index (κ1) is 21.0. The van der Waals surface area contributed by atoms with Crippen molar-refractivity contribution in [1.29, 1.82) is 0 Å². The largest absolute Gasteiger partial charge is 0.507 e. The molecule has 2 N–H and O–H groups in total. The van der Waals surface area contributed by atoms with E-state index in [4.69, 9.17) is 12.2 Å². The maximum Gasteiger partial charge on any atom is 0.216 e. The predicted octanol–water partition coefficient (Wildman–Crippen LogP) is 5.79. The van der Waals surface area contributed by atoms with Crippen molar-refractivity contribution in [2.75, 3.05) is 0 Å². The lowest BCUT2D eigenvalue weighted by Crippen LogP contribution is -2.18. The van der Waals surface area contributed by atoms with E-state index < -0.39 is 0 Å². The van der Waals surface area contributed by atoms with Gasteiger partial charge < -0.3 is 5.11 Å². The number of aromatic hydroxyl groups is 1. The molecule has 0 fully saturated rings. The van der Waals surface area contributed by atoms with E-state index in [1.54, 1.807) is 10.9 Å². The Hall–Kier alpha value is -2.73. The maximum absolute atomic E-state index is 10.9. The molecule has 0 bridgehead atoms. The smallest absolute Gasteiger partial charge is 0.216 e. The van der Waals surface area contributed by atoms with E-state index in [0.29, 0.717) is 16.3 Å². The molecule has 0 aliphatic rings. The van der Waals surface area contributed by atoms with Gasteiger partial charge >= 0.3 is 0 Å². The Morgan fingerprint density at radius 3 is 2.07 bits per heavy atom. The Morgan fingerprint density at radius 1 is 1.00 bits per heavy atom. The molecule has 2 aromatic carbocycles. The average Bonchev–Trinajstić information content (AvgIpc) is 3.00. The Labute approximate surface area is 177 Å². The molecule has 3 aromatic rings. The molecule has 0 aliphatic heterocycles. The van der Waals surface area contributed by atoms with E-state index in [-0.39, 0.29) is 10.8 Å². The van der Waals surface area contributed by atoms with Crippen molar-refractivity contribution in [3.05, 3.63) is 63.9 Å². The average molecular weight is 409 g/mol. The number of nitrogens with zero attached hydrogens (tertiary/aromatic N) is 3. The van der Waals surface area contributed by atoms with Crippen LogP contribution in [0.5, 0.6) is 5.75 Å². The second kappa shape index (κ2) is 7.59. The van der Waals surface area contributed by atoms with E-state index in [1.807, 2.05) is 42.5 Å². The fraction of sp³-hybridized carbons (Fsp3) is 0.348. The van der Waals surface area contributed by atoms with Crippen LogP contribution in [0.25, 0.3) is 11.4 Å². The molecule has 1 aromatic heterocycles. The molecular formula is C23H28N4OS. The quantitative estimate of drug-likeness (QED) is 0.426. The zero-order valence-corrected chi connectivity index (χ0v) is 18.6. The van der Waals surface area contributed by atoms with E-state index in [0.717, 1.165) is 22.3 Å². The van der Waals surface area contributed by atoms with Gasteiger partial charge in [-0.25, -0.2) is 5.10 Å². The molecule has 0 unspecified atom stereocenters. The summed E-state index contributed by atoms with van der Waals surface area (Å²) in [6.45, 7) is 12.6. The first-order valence-corrected chi connectivity index (χ1v) is 10.0. The number of H-pyrrole nitrogens is 1. The minimum absolute atomic E-state index is 0.199. The van der Waals surface area contributed by atoms with Gasteiger partial charge in [-0.05, 0) is 40.7 Å².